The van der Waals surface area contributed by atoms with Crippen LogP contribution in [-0.2, 0) is 0 Å². The van der Waals surface area contributed by atoms with Crippen molar-refractivity contribution in [3.63, 3.8) is 0 Å². The number of aromatic nitrogens is 3. The number of fused-ring (bicyclic) bond motifs is 1. The molecule has 130 valence electrons. The number of amides is 1. The highest BCUT2D eigenvalue weighted by atomic mass is 19.2. The van der Waals surface area contributed by atoms with Crippen LogP contribution in [0.1, 0.15) is 34.6 Å². The summed E-state index contributed by atoms with van der Waals surface area (Å²) in [5.74, 6) is -2.49. The molecule has 1 amide bonds. The van der Waals surface area contributed by atoms with Crippen LogP contribution in [0.2, 0.25) is 0 Å². The number of aryl methyl sites for hydroxylation is 1. The number of halogens is 2. The average Bonchev–Trinajstić information content (AvgIpc) is 2.97. The van der Waals surface area contributed by atoms with Crippen molar-refractivity contribution in [2.24, 2.45) is 0 Å². The van der Waals surface area contributed by atoms with Crippen LogP contribution in [0.15, 0.2) is 30.5 Å². The Balaban J connectivity index is 1.76. The number of rotatable bonds is 4. The molecule has 0 saturated heterocycles. The van der Waals surface area contributed by atoms with Crippen LogP contribution in [0.4, 0.5) is 8.78 Å². The maximum Gasteiger partial charge on any atom is 0.253 e. The second kappa shape index (κ2) is 6.56. The molecule has 2 aromatic heterocycles. The van der Waals surface area contributed by atoms with E-state index >= 15 is 0 Å². The first-order chi connectivity index (χ1) is 11.9. The van der Waals surface area contributed by atoms with E-state index in [1.165, 1.54) is 12.3 Å². The molecule has 8 heteroatoms. The van der Waals surface area contributed by atoms with E-state index in [9.17, 15) is 18.7 Å². The number of carbonyl (C=O) groups excluding carboxylic acids is 1. The summed E-state index contributed by atoms with van der Waals surface area (Å²) in [7, 11) is 0. The van der Waals surface area contributed by atoms with Crippen LogP contribution in [0.25, 0.3) is 11.0 Å². The highest BCUT2D eigenvalue weighted by Gasteiger charge is 2.21. The molecule has 0 radical (unpaired) electrons. The van der Waals surface area contributed by atoms with E-state index < -0.39 is 29.7 Å². The van der Waals surface area contributed by atoms with Crippen LogP contribution >= 0.6 is 0 Å². The van der Waals surface area contributed by atoms with Crippen LogP contribution < -0.4 is 5.32 Å². The maximum atomic E-state index is 13.3. The third kappa shape index (κ3) is 3.34. The van der Waals surface area contributed by atoms with Crippen LogP contribution in [0.3, 0.4) is 0 Å². The van der Waals surface area contributed by atoms with Crippen molar-refractivity contribution in [2.45, 2.75) is 26.0 Å². The zero-order valence-corrected chi connectivity index (χ0v) is 13.5. The molecule has 25 heavy (non-hydrogen) atoms. The summed E-state index contributed by atoms with van der Waals surface area (Å²) in [6.07, 6.45) is 0.195. The number of hydrogen-bond acceptors (Lipinski definition) is 4. The lowest BCUT2D eigenvalue weighted by Crippen LogP contribution is -2.37. The monoisotopic (exact) mass is 346 g/mol. The number of aliphatic hydroxyl groups is 1. The van der Waals surface area contributed by atoms with Gasteiger partial charge in [-0.3, -0.25) is 9.89 Å². The van der Waals surface area contributed by atoms with Gasteiger partial charge in [0.15, 0.2) is 17.3 Å². The third-order valence-electron chi connectivity index (χ3n) is 3.98. The van der Waals surface area contributed by atoms with Gasteiger partial charge < -0.3 is 10.4 Å². The lowest BCUT2D eigenvalue weighted by molar-refractivity contribution is 0.0851. The van der Waals surface area contributed by atoms with Crippen molar-refractivity contribution < 1.29 is 18.7 Å². The molecule has 0 aliphatic heterocycles. The van der Waals surface area contributed by atoms with Crippen molar-refractivity contribution in [1.29, 1.82) is 0 Å². The molecule has 3 rings (SSSR count). The number of aliphatic hydroxyl groups excluding tert-OH is 1. The van der Waals surface area contributed by atoms with Gasteiger partial charge in [-0.25, -0.2) is 13.8 Å². The fraction of sp³-hybridized carbons (Fsp3) is 0.235. The van der Waals surface area contributed by atoms with Gasteiger partial charge in [-0.1, -0.05) is 6.07 Å². The lowest BCUT2D eigenvalue weighted by atomic mass is 10.0. The number of H-pyrrole nitrogens is 1. The highest BCUT2D eigenvalue weighted by molar-refractivity contribution is 5.97. The molecule has 3 aromatic rings. The van der Waals surface area contributed by atoms with E-state index in [0.29, 0.717) is 11.2 Å². The second-order valence-electron chi connectivity index (χ2n) is 5.82. The average molecular weight is 346 g/mol. The van der Waals surface area contributed by atoms with Crippen molar-refractivity contribution in [2.75, 3.05) is 0 Å². The Bertz CT molecular complexity index is 942. The largest absolute Gasteiger partial charge is 0.386 e. The van der Waals surface area contributed by atoms with Gasteiger partial charge >= 0.3 is 0 Å². The smallest absolute Gasteiger partial charge is 0.253 e. The minimum absolute atomic E-state index is 0.172. The summed E-state index contributed by atoms with van der Waals surface area (Å²) >= 11 is 0. The van der Waals surface area contributed by atoms with Crippen LogP contribution in [0, 0.1) is 18.6 Å². The predicted octanol–water partition coefficient (Wildman–Crippen LogP) is 2.40. The number of nitrogens with zero attached hydrogens (tertiary/aromatic N) is 2. The maximum absolute atomic E-state index is 13.3. The van der Waals surface area contributed by atoms with Gasteiger partial charge in [0.1, 0.15) is 0 Å². The zero-order chi connectivity index (χ0) is 18.1. The number of hydrogen-bond donors (Lipinski definition) is 3. The van der Waals surface area contributed by atoms with Gasteiger partial charge in [0, 0.05) is 17.3 Å². The molecule has 6 nitrogen and oxygen atoms in total. The topological polar surface area (TPSA) is 90.9 Å². The first-order valence-electron chi connectivity index (χ1n) is 7.61. The molecule has 3 N–H and O–H groups in total. The standard InChI is InChI=1S/C17H16F2N4O2/c1-8-12-5-11(7-20-16(12)23-22-8)17(25)21-9(2)15(24)10-3-4-13(18)14(19)6-10/h3-7,9,15,24H,1-2H3,(H,21,25)(H,20,22,23). The molecular formula is C17H16F2N4O2. The van der Waals surface area contributed by atoms with Gasteiger partial charge in [0.2, 0.25) is 0 Å². The molecule has 0 aliphatic carbocycles. The second-order valence-corrected chi connectivity index (χ2v) is 5.82. The van der Waals surface area contributed by atoms with E-state index in [2.05, 4.69) is 20.5 Å². The third-order valence-corrected chi connectivity index (χ3v) is 3.98. The first-order valence-corrected chi connectivity index (χ1v) is 7.61. The summed E-state index contributed by atoms with van der Waals surface area (Å²) in [6.45, 7) is 3.38. The number of carbonyl (C=O) groups is 1. The van der Waals surface area contributed by atoms with Gasteiger partial charge in [0.05, 0.1) is 17.7 Å². The van der Waals surface area contributed by atoms with Crippen molar-refractivity contribution in [1.82, 2.24) is 20.5 Å². The van der Waals surface area contributed by atoms with E-state index in [1.807, 2.05) is 6.92 Å². The summed E-state index contributed by atoms with van der Waals surface area (Å²) in [6, 6.07) is 4.03. The molecule has 2 heterocycles. The molecule has 2 unspecified atom stereocenters. The number of aromatic amines is 1. The van der Waals surface area contributed by atoms with E-state index in [-0.39, 0.29) is 5.56 Å². The Kier molecular flexibility index (Phi) is 4.45. The molecule has 0 spiro atoms. The Labute approximate surface area is 141 Å². The predicted molar refractivity (Wildman–Crippen MR) is 86.9 cm³/mol. The minimum Gasteiger partial charge on any atom is -0.386 e. The van der Waals surface area contributed by atoms with E-state index in [4.69, 9.17) is 0 Å². The quantitative estimate of drug-likeness (QED) is 0.676. The van der Waals surface area contributed by atoms with Gasteiger partial charge in [0.25, 0.3) is 5.91 Å². The summed E-state index contributed by atoms with van der Waals surface area (Å²) < 4.78 is 26.3. The molecular weight excluding hydrogens is 330 g/mol. The Morgan fingerprint density at radius 1 is 1.28 bits per heavy atom. The van der Waals surface area contributed by atoms with Crippen molar-refractivity contribution in [3.8, 4) is 0 Å². The molecule has 0 fully saturated rings. The first kappa shape index (κ1) is 17.0. The molecule has 0 saturated carbocycles. The fourth-order valence-electron chi connectivity index (χ4n) is 2.50. The number of nitrogens with one attached hydrogen (secondary N) is 2. The highest BCUT2D eigenvalue weighted by Crippen LogP contribution is 2.20. The zero-order valence-electron chi connectivity index (χ0n) is 13.5. The summed E-state index contributed by atoms with van der Waals surface area (Å²) in [5.41, 5.74) is 1.77. The van der Waals surface area contributed by atoms with Gasteiger partial charge in [-0.05, 0) is 37.6 Å². The van der Waals surface area contributed by atoms with Crippen LogP contribution in [0.5, 0.6) is 0 Å². The number of pyridine rings is 1. The minimum atomic E-state index is -1.19. The summed E-state index contributed by atoms with van der Waals surface area (Å²) in [5, 5.41) is 20.4. The molecule has 0 bridgehead atoms. The van der Waals surface area contributed by atoms with Crippen molar-refractivity contribution >= 4 is 16.9 Å². The van der Waals surface area contributed by atoms with Crippen LogP contribution in [-0.4, -0.2) is 32.2 Å². The van der Waals surface area contributed by atoms with E-state index in [0.717, 1.165) is 23.2 Å². The molecule has 2 atom stereocenters. The normalized spacial score (nSPS) is 13.6. The number of benzene rings is 1. The van der Waals surface area contributed by atoms with E-state index in [1.54, 1.807) is 13.0 Å². The molecule has 0 aliphatic rings. The lowest BCUT2D eigenvalue weighted by Gasteiger charge is -2.20. The van der Waals surface area contributed by atoms with Crippen molar-refractivity contribution in [3.05, 3.63) is 58.9 Å². The molecule has 1 aromatic carbocycles. The fourth-order valence-corrected chi connectivity index (χ4v) is 2.50. The Morgan fingerprint density at radius 2 is 2.04 bits per heavy atom. The Morgan fingerprint density at radius 3 is 2.76 bits per heavy atom. The van der Waals surface area contributed by atoms with Gasteiger partial charge in [-0.2, -0.15) is 5.10 Å². The SMILES string of the molecule is Cc1[nH]nc2ncc(C(=O)NC(C)C(O)c3ccc(F)c(F)c3)cc12. The van der Waals surface area contributed by atoms with Gasteiger partial charge in [-0.15, -0.1) is 0 Å². The summed E-state index contributed by atoms with van der Waals surface area (Å²) in [4.78, 5) is 16.5. The Hall–Kier alpha value is -2.87.